The SMILES string of the molecule is C=CC(=O)Nc1cc(Nc2nccc(-c3c4n(c5ccccc35)CCOC4)n2)c(C)cc1N(C)CCN(C)CC. The van der Waals surface area contributed by atoms with E-state index in [2.05, 4.69) is 80.9 Å². The fraction of sp³-hybridized carbons (Fsp3) is 0.323. The molecule has 0 aliphatic carbocycles. The van der Waals surface area contributed by atoms with Crippen LogP contribution in [0.3, 0.4) is 0 Å². The molecule has 0 unspecified atom stereocenters. The molecule has 9 heteroatoms. The van der Waals surface area contributed by atoms with E-state index in [-0.39, 0.29) is 5.91 Å². The zero-order chi connectivity index (χ0) is 28.2. The average molecular weight is 540 g/mol. The van der Waals surface area contributed by atoms with Crippen LogP contribution in [0.2, 0.25) is 0 Å². The van der Waals surface area contributed by atoms with Gasteiger partial charge in [-0.1, -0.05) is 31.7 Å². The van der Waals surface area contributed by atoms with Crippen LogP contribution in [0.1, 0.15) is 18.2 Å². The smallest absolute Gasteiger partial charge is 0.247 e. The number of hydrogen-bond acceptors (Lipinski definition) is 7. The van der Waals surface area contributed by atoms with Gasteiger partial charge in [0.1, 0.15) is 0 Å². The summed E-state index contributed by atoms with van der Waals surface area (Å²) in [7, 11) is 4.13. The Balaban J connectivity index is 1.49. The van der Waals surface area contributed by atoms with Gasteiger partial charge in [0.05, 0.1) is 36.0 Å². The molecule has 4 aromatic rings. The summed E-state index contributed by atoms with van der Waals surface area (Å²) >= 11 is 0. The molecule has 1 aliphatic rings. The van der Waals surface area contributed by atoms with E-state index in [1.165, 1.54) is 11.6 Å². The van der Waals surface area contributed by atoms with E-state index in [1.54, 1.807) is 6.20 Å². The van der Waals surface area contributed by atoms with Gasteiger partial charge in [-0.25, -0.2) is 9.97 Å². The lowest BCUT2D eigenvalue weighted by Gasteiger charge is -2.26. The van der Waals surface area contributed by atoms with Crippen LogP contribution in [0, 0.1) is 6.92 Å². The average Bonchev–Trinajstić information content (AvgIpc) is 3.31. The van der Waals surface area contributed by atoms with E-state index in [0.717, 1.165) is 65.5 Å². The first-order valence-corrected chi connectivity index (χ1v) is 13.7. The number of amides is 1. The lowest BCUT2D eigenvalue weighted by atomic mass is 10.1. The summed E-state index contributed by atoms with van der Waals surface area (Å²) in [6.45, 7) is 12.6. The summed E-state index contributed by atoms with van der Waals surface area (Å²) < 4.78 is 8.15. The number of aromatic nitrogens is 3. The molecule has 2 N–H and O–H groups in total. The number of nitrogens with one attached hydrogen (secondary N) is 2. The first-order chi connectivity index (χ1) is 19.4. The molecular weight excluding hydrogens is 502 g/mol. The van der Waals surface area contributed by atoms with Crippen molar-refractivity contribution in [2.45, 2.75) is 27.0 Å². The lowest BCUT2D eigenvalue weighted by molar-refractivity contribution is -0.111. The van der Waals surface area contributed by atoms with Crippen molar-refractivity contribution in [1.82, 2.24) is 19.4 Å². The maximum atomic E-state index is 12.3. The molecule has 0 saturated heterocycles. The molecule has 0 atom stereocenters. The van der Waals surface area contributed by atoms with Gasteiger partial charge in [-0.2, -0.15) is 0 Å². The minimum atomic E-state index is -0.263. The minimum absolute atomic E-state index is 0.263. The third-order valence-corrected chi connectivity index (χ3v) is 7.49. The summed E-state index contributed by atoms with van der Waals surface area (Å²) in [5, 5.41) is 7.52. The van der Waals surface area contributed by atoms with Crippen molar-refractivity contribution in [3.8, 4) is 11.3 Å². The van der Waals surface area contributed by atoms with Crippen LogP contribution in [-0.4, -0.2) is 65.7 Å². The van der Waals surface area contributed by atoms with Gasteiger partial charge >= 0.3 is 0 Å². The van der Waals surface area contributed by atoms with Crippen molar-refractivity contribution in [1.29, 1.82) is 0 Å². The Hall–Kier alpha value is -4.21. The molecule has 40 heavy (non-hydrogen) atoms. The highest BCUT2D eigenvalue weighted by atomic mass is 16.5. The van der Waals surface area contributed by atoms with E-state index in [9.17, 15) is 4.79 Å². The molecule has 2 aromatic heterocycles. The number of nitrogens with zero attached hydrogens (tertiary/aromatic N) is 5. The number of anilines is 4. The molecule has 1 aliphatic heterocycles. The zero-order valence-corrected chi connectivity index (χ0v) is 23.7. The normalized spacial score (nSPS) is 12.8. The van der Waals surface area contributed by atoms with Gasteiger partial charge in [0.2, 0.25) is 11.9 Å². The van der Waals surface area contributed by atoms with Crippen LogP contribution in [0.5, 0.6) is 0 Å². The molecule has 0 spiro atoms. The largest absolute Gasteiger partial charge is 0.373 e. The molecule has 1 amide bonds. The quantitative estimate of drug-likeness (QED) is 0.268. The van der Waals surface area contributed by atoms with E-state index >= 15 is 0 Å². The predicted molar refractivity (Wildman–Crippen MR) is 162 cm³/mol. The number of likely N-dealkylation sites (N-methyl/N-ethyl adjacent to an activating group) is 2. The van der Waals surface area contributed by atoms with Crippen LogP contribution in [-0.2, 0) is 22.7 Å². The first-order valence-electron chi connectivity index (χ1n) is 13.7. The van der Waals surface area contributed by atoms with Gasteiger partial charge in [0.25, 0.3) is 0 Å². The second-order valence-electron chi connectivity index (χ2n) is 10.1. The topological polar surface area (TPSA) is 87.5 Å². The first kappa shape index (κ1) is 27.4. The monoisotopic (exact) mass is 539 g/mol. The van der Waals surface area contributed by atoms with Gasteiger partial charge in [0.15, 0.2) is 0 Å². The Morgan fingerprint density at radius 3 is 2.80 bits per heavy atom. The Bertz CT molecular complexity index is 1540. The van der Waals surface area contributed by atoms with Crippen molar-refractivity contribution in [3.05, 3.63) is 72.6 Å². The molecular formula is C31H37N7O2. The number of benzene rings is 2. The van der Waals surface area contributed by atoms with Gasteiger partial charge < -0.3 is 29.7 Å². The highest BCUT2D eigenvalue weighted by Gasteiger charge is 2.22. The molecule has 0 fully saturated rings. The van der Waals surface area contributed by atoms with Crippen LogP contribution < -0.4 is 15.5 Å². The standard InChI is InChI=1S/C31H37N7O2/c1-6-29(39)33-25-19-24(21(3)18-27(25)37(5)15-14-36(4)7-2)35-31-32-13-12-23(34-31)30-22-10-8-9-11-26(22)38-16-17-40-20-28(30)38/h6,8-13,18-19H,1,7,14-17,20H2,2-5H3,(H,33,39)(H,32,34,35). The predicted octanol–water partition coefficient (Wildman–Crippen LogP) is 5.19. The number of aryl methyl sites for hydroxylation is 1. The summed E-state index contributed by atoms with van der Waals surface area (Å²) in [6.07, 6.45) is 3.05. The summed E-state index contributed by atoms with van der Waals surface area (Å²) in [5.74, 6) is 0.217. The second kappa shape index (κ2) is 11.9. The fourth-order valence-electron chi connectivity index (χ4n) is 5.08. The Labute approximate surface area is 235 Å². The van der Waals surface area contributed by atoms with Gasteiger partial charge in [-0.05, 0) is 56.4 Å². The maximum absolute atomic E-state index is 12.3. The molecule has 0 radical (unpaired) electrons. The summed E-state index contributed by atoms with van der Waals surface area (Å²) in [6, 6.07) is 14.4. The zero-order valence-electron chi connectivity index (χ0n) is 23.7. The highest BCUT2D eigenvalue weighted by molar-refractivity contribution is 6.02. The Morgan fingerprint density at radius 2 is 2.00 bits per heavy atom. The summed E-state index contributed by atoms with van der Waals surface area (Å²) in [4.78, 5) is 26.2. The number of carbonyl (C=O) groups is 1. The number of ether oxygens (including phenoxy) is 1. The van der Waals surface area contributed by atoms with Crippen molar-refractivity contribution in [2.24, 2.45) is 0 Å². The molecule has 3 heterocycles. The highest BCUT2D eigenvalue weighted by Crippen LogP contribution is 2.37. The molecule has 2 aromatic carbocycles. The number of para-hydroxylation sites is 1. The number of fused-ring (bicyclic) bond motifs is 3. The van der Waals surface area contributed by atoms with Crippen LogP contribution in [0.4, 0.5) is 23.0 Å². The number of rotatable bonds is 10. The van der Waals surface area contributed by atoms with Gasteiger partial charge in [-0.3, -0.25) is 4.79 Å². The van der Waals surface area contributed by atoms with Crippen molar-refractivity contribution < 1.29 is 9.53 Å². The summed E-state index contributed by atoms with van der Waals surface area (Å²) in [5.41, 5.74) is 7.68. The van der Waals surface area contributed by atoms with Crippen molar-refractivity contribution >= 4 is 39.8 Å². The fourth-order valence-corrected chi connectivity index (χ4v) is 5.08. The van der Waals surface area contributed by atoms with E-state index < -0.39 is 0 Å². The third kappa shape index (κ3) is 5.57. The molecule has 9 nitrogen and oxygen atoms in total. The molecule has 0 saturated carbocycles. The molecule has 5 rings (SSSR count). The van der Waals surface area contributed by atoms with E-state index in [1.807, 2.05) is 26.1 Å². The molecule has 0 bridgehead atoms. The second-order valence-corrected chi connectivity index (χ2v) is 10.1. The molecule has 208 valence electrons. The number of carbonyl (C=O) groups excluding carboxylic acids is 1. The Morgan fingerprint density at radius 1 is 1.18 bits per heavy atom. The van der Waals surface area contributed by atoms with E-state index in [4.69, 9.17) is 9.72 Å². The van der Waals surface area contributed by atoms with Gasteiger partial charge in [-0.15, -0.1) is 0 Å². The maximum Gasteiger partial charge on any atom is 0.247 e. The number of hydrogen-bond donors (Lipinski definition) is 2. The third-order valence-electron chi connectivity index (χ3n) is 7.49. The van der Waals surface area contributed by atoms with Crippen molar-refractivity contribution in [2.75, 3.05) is 55.9 Å². The van der Waals surface area contributed by atoms with E-state index in [0.29, 0.717) is 24.8 Å². The van der Waals surface area contributed by atoms with Crippen LogP contribution in [0.15, 0.2) is 61.3 Å². The van der Waals surface area contributed by atoms with Crippen LogP contribution in [0.25, 0.3) is 22.2 Å². The van der Waals surface area contributed by atoms with Gasteiger partial charge in [0, 0.05) is 55.0 Å². The lowest BCUT2D eigenvalue weighted by Crippen LogP contribution is -2.31. The minimum Gasteiger partial charge on any atom is -0.373 e. The van der Waals surface area contributed by atoms with Crippen LogP contribution >= 0.6 is 0 Å². The van der Waals surface area contributed by atoms with Crippen molar-refractivity contribution in [3.63, 3.8) is 0 Å². The Kier molecular flexibility index (Phi) is 8.14.